The molecule has 0 saturated carbocycles. The highest BCUT2D eigenvalue weighted by molar-refractivity contribution is 5.33. The molecule has 17 heavy (non-hydrogen) atoms. The fourth-order valence-corrected chi connectivity index (χ4v) is 1.96. The first-order chi connectivity index (χ1) is 8.22. The molecule has 3 nitrogen and oxygen atoms in total. The quantitative estimate of drug-likeness (QED) is 0.809. The van der Waals surface area contributed by atoms with Gasteiger partial charge in [0.25, 0.3) is 0 Å². The minimum Gasteiger partial charge on any atom is -0.265 e. The maximum absolute atomic E-state index is 12.0. The molecule has 0 fully saturated rings. The molecule has 0 saturated heterocycles. The molecule has 2 rings (SSSR count). The molecule has 2 aromatic rings. The lowest BCUT2D eigenvalue weighted by Gasteiger charge is -2.12. The largest absolute Gasteiger partial charge is 0.352 e. The van der Waals surface area contributed by atoms with Crippen molar-refractivity contribution in [2.45, 2.75) is 26.7 Å². The molecule has 0 radical (unpaired) electrons. The van der Waals surface area contributed by atoms with Crippen LogP contribution in [0.25, 0.3) is 5.69 Å². The van der Waals surface area contributed by atoms with Crippen LogP contribution < -0.4 is 5.69 Å². The maximum Gasteiger partial charge on any atom is 0.352 e. The second kappa shape index (κ2) is 4.95. The summed E-state index contributed by atoms with van der Waals surface area (Å²) in [7, 11) is 0. The number of aromatic nitrogens is 2. The van der Waals surface area contributed by atoms with Gasteiger partial charge in [-0.3, -0.25) is 4.57 Å². The third kappa shape index (κ3) is 2.44. The molecule has 1 aromatic carbocycles. The van der Waals surface area contributed by atoms with E-state index in [0.29, 0.717) is 0 Å². The molecule has 1 aromatic heterocycles. The van der Waals surface area contributed by atoms with Crippen molar-refractivity contribution in [3.8, 4) is 5.69 Å². The van der Waals surface area contributed by atoms with E-state index in [1.165, 1.54) is 0 Å². The van der Waals surface area contributed by atoms with Gasteiger partial charge in [-0.05, 0) is 31.5 Å². The third-order valence-electron chi connectivity index (χ3n) is 2.65. The van der Waals surface area contributed by atoms with Gasteiger partial charge in [-0.1, -0.05) is 31.5 Å². The highest BCUT2D eigenvalue weighted by atomic mass is 16.1. The number of hydrogen-bond acceptors (Lipinski definition) is 2. The summed E-state index contributed by atoms with van der Waals surface area (Å²) in [5.41, 5.74) is 2.50. The number of aryl methyl sites for hydroxylation is 2. The summed E-state index contributed by atoms with van der Waals surface area (Å²) >= 11 is 0. The lowest BCUT2D eigenvalue weighted by Crippen LogP contribution is -2.25. The predicted octanol–water partition coefficient (Wildman–Crippen LogP) is 2.49. The number of para-hydroxylation sites is 1. The van der Waals surface area contributed by atoms with E-state index in [9.17, 15) is 4.79 Å². The van der Waals surface area contributed by atoms with E-state index in [-0.39, 0.29) is 5.69 Å². The summed E-state index contributed by atoms with van der Waals surface area (Å²) in [6, 6.07) is 11.6. The van der Waals surface area contributed by atoms with Gasteiger partial charge >= 0.3 is 5.69 Å². The van der Waals surface area contributed by atoms with E-state index in [4.69, 9.17) is 0 Å². The maximum atomic E-state index is 12.0. The highest BCUT2D eigenvalue weighted by Gasteiger charge is 2.07. The van der Waals surface area contributed by atoms with Gasteiger partial charge in [0.2, 0.25) is 0 Å². The Bertz CT molecular complexity index is 558. The number of nitrogens with zero attached hydrogens (tertiary/aromatic N) is 2. The van der Waals surface area contributed by atoms with Crippen molar-refractivity contribution in [3.05, 3.63) is 58.3 Å². The van der Waals surface area contributed by atoms with E-state index in [2.05, 4.69) is 11.9 Å². The monoisotopic (exact) mass is 228 g/mol. The van der Waals surface area contributed by atoms with Crippen LogP contribution >= 0.6 is 0 Å². The van der Waals surface area contributed by atoms with Crippen LogP contribution in [0.4, 0.5) is 0 Å². The molecule has 0 N–H and O–H groups in total. The Hall–Kier alpha value is -1.90. The minimum absolute atomic E-state index is 0.195. The van der Waals surface area contributed by atoms with Gasteiger partial charge in [0.15, 0.2) is 0 Å². The molecule has 0 aliphatic heterocycles. The zero-order chi connectivity index (χ0) is 12.3. The number of benzene rings is 1. The molecule has 88 valence electrons. The zero-order valence-corrected chi connectivity index (χ0v) is 10.2. The van der Waals surface area contributed by atoms with Gasteiger partial charge in [-0.2, -0.15) is 4.98 Å². The van der Waals surface area contributed by atoms with Crippen LogP contribution in [-0.4, -0.2) is 9.55 Å². The van der Waals surface area contributed by atoms with Crippen molar-refractivity contribution in [2.75, 3.05) is 0 Å². The predicted molar refractivity (Wildman–Crippen MR) is 68.6 cm³/mol. The van der Waals surface area contributed by atoms with Crippen molar-refractivity contribution in [1.29, 1.82) is 0 Å². The van der Waals surface area contributed by atoms with Crippen molar-refractivity contribution in [2.24, 2.45) is 0 Å². The normalized spacial score (nSPS) is 10.5. The molecule has 3 heteroatoms. The second-order valence-electron chi connectivity index (χ2n) is 4.09. The van der Waals surface area contributed by atoms with Crippen LogP contribution in [0.1, 0.15) is 24.7 Å². The summed E-state index contributed by atoms with van der Waals surface area (Å²) in [6.45, 7) is 3.96. The van der Waals surface area contributed by atoms with Gasteiger partial charge in [0.05, 0.1) is 5.69 Å². The molecular weight excluding hydrogens is 212 g/mol. The average molecular weight is 228 g/mol. The molecule has 0 aliphatic carbocycles. The first-order valence-electron chi connectivity index (χ1n) is 5.87. The summed E-state index contributed by atoms with van der Waals surface area (Å²) in [4.78, 5) is 16.0. The van der Waals surface area contributed by atoms with Crippen LogP contribution in [0.5, 0.6) is 0 Å². The van der Waals surface area contributed by atoms with Crippen molar-refractivity contribution >= 4 is 0 Å². The Morgan fingerprint density at radius 2 is 1.94 bits per heavy atom. The lowest BCUT2D eigenvalue weighted by atomic mass is 10.2. The Balaban J connectivity index is 2.63. The summed E-state index contributed by atoms with van der Waals surface area (Å²) in [5, 5.41) is 0. The van der Waals surface area contributed by atoms with Crippen LogP contribution in [-0.2, 0) is 6.42 Å². The molecule has 0 spiro atoms. The van der Waals surface area contributed by atoms with Gasteiger partial charge < -0.3 is 0 Å². The van der Waals surface area contributed by atoms with E-state index in [1.54, 1.807) is 4.57 Å². The Morgan fingerprint density at radius 3 is 2.59 bits per heavy atom. The Kier molecular flexibility index (Phi) is 3.38. The highest BCUT2D eigenvalue weighted by Crippen LogP contribution is 2.10. The second-order valence-corrected chi connectivity index (χ2v) is 4.09. The fourth-order valence-electron chi connectivity index (χ4n) is 1.96. The van der Waals surface area contributed by atoms with Crippen molar-refractivity contribution in [3.63, 3.8) is 0 Å². The van der Waals surface area contributed by atoms with Gasteiger partial charge in [0, 0.05) is 11.4 Å². The molecule has 0 aliphatic rings. The number of hydrogen-bond donors (Lipinski definition) is 0. The standard InChI is InChI=1S/C14H16N2O/c1-3-7-13-10-11(2)15-14(17)16(13)12-8-5-4-6-9-12/h4-6,8-10H,3,7H2,1-2H3. The van der Waals surface area contributed by atoms with Gasteiger partial charge in [-0.25, -0.2) is 4.79 Å². The molecule has 1 heterocycles. The van der Waals surface area contributed by atoms with Crippen LogP contribution in [0.3, 0.4) is 0 Å². The SMILES string of the molecule is CCCc1cc(C)nc(=O)n1-c1ccccc1. The van der Waals surface area contributed by atoms with Crippen molar-refractivity contribution < 1.29 is 0 Å². The summed E-state index contributed by atoms with van der Waals surface area (Å²) in [5.74, 6) is 0. The van der Waals surface area contributed by atoms with Gasteiger partial charge in [0.1, 0.15) is 0 Å². The van der Waals surface area contributed by atoms with E-state index < -0.39 is 0 Å². The average Bonchev–Trinajstić information content (AvgIpc) is 2.30. The summed E-state index contributed by atoms with van der Waals surface area (Å²) in [6.07, 6.45) is 1.89. The van der Waals surface area contributed by atoms with E-state index in [1.807, 2.05) is 43.3 Å². The molecule has 0 unspecified atom stereocenters. The van der Waals surface area contributed by atoms with Crippen LogP contribution in [0.2, 0.25) is 0 Å². The molecule has 0 bridgehead atoms. The third-order valence-corrected chi connectivity index (χ3v) is 2.65. The summed E-state index contributed by atoms with van der Waals surface area (Å²) < 4.78 is 1.69. The molecule has 0 amide bonds. The number of rotatable bonds is 3. The van der Waals surface area contributed by atoms with Crippen LogP contribution in [0, 0.1) is 6.92 Å². The smallest absolute Gasteiger partial charge is 0.265 e. The van der Waals surface area contributed by atoms with E-state index >= 15 is 0 Å². The van der Waals surface area contributed by atoms with E-state index in [0.717, 1.165) is 29.9 Å². The lowest BCUT2D eigenvalue weighted by molar-refractivity contribution is 0.775. The van der Waals surface area contributed by atoms with Gasteiger partial charge in [-0.15, -0.1) is 0 Å². The van der Waals surface area contributed by atoms with Crippen LogP contribution in [0.15, 0.2) is 41.2 Å². The molecule has 0 atom stereocenters. The minimum atomic E-state index is -0.195. The Labute approximate surface area is 101 Å². The van der Waals surface area contributed by atoms with Crippen molar-refractivity contribution in [1.82, 2.24) is 9.55 Å². The first kappa shape index (κ1) is 11.6. The Morgan fingerprint density at radius 1 is 1.24 bits per heavy atom. The molecular formula is C14H16N2O. The first-order valence-corrected chi connectivity index (χ1v) is 5.87. The topological polar surface area (TPSA) is 34.9 Å². The fraction of sp³-hybridized carbons (Fsp3) is 0.286. The zero-order valence-electron chi connectivity index (χ0n) is 10.2.